The standard InChI is InChI=1S/C16H19BrN4O2/c17-9-4-10-23-16(22)20-13-7-8-14(21-15(13)18)19-11-12-5-2-1-3-6-12/h1-3,5-8H,4,9-11H2,(H,20,22)(H3,18,19,21). The summed E-state index contributed by atoms with van der Waals surface area (Å²) < 4.78 is 5.00. The molecule has 0 radical (unpaired) electrons. The van der Waals surface area contributed by atoms with Crippen molar-refractivity contribution >= 4 is 39.3 Å². The molecule has 0 aliphatic carbocycles. The highest BCUT2D eigenvalue weighted by molar-refractivity contribution is 9.09. The van der Waals surface area contributed by atoms with Crippen LogP contribution in [0.25, 0.3) is 0 Å². The molecule has 1 aromatic carbocycles. The summed E-state index contributed by atoms with van der Waals surface area (Å²) in [7, 11) is 0. The fourth-order valence-electron chi connectivity index (χ4n) is 1.83. The molecule has 0 aliphatic heterocycles. The Kier molecular flexibility index (Phi) is 6.68. The Morgan fingerprint density at radius 2 is 2.00 bits per heavy atom. The number of carbonyl (C=O) groups is 1. The van der Waals surface area contributed by atoms with E-state index in [2.05, 4.69) is 31.5 Å². The summed E-state index contributed by atoms with van der Waals surface area (Å²) in [6.45, 7) is 0.996. The molecule has 0 fully saturated rings. The number of rotatable bonds is 7. The highest BCUT2D eigenvalue weighted by Gasteiger charge is 2.08. The molecule has 2 rings (SSSR count). The van der Waals surface area contributed by atoms with Crippen LogP contribution < -0.4 is 16.4 Å². The van der Waals surface area contributed by atoms with Gasteiger partial charge in [0.15, 0.2) is 0 Å². The van der Waals surface area contributed by atoms with Gasteiger partial charge in [0.25, 0.3) is 0 Å². The highest BCUT2D eigenvalue weighted by Crippen LogP contribution is 2.19. The smallest absolute Gasteiger partial charge is 0.411 e. The van der Waals surface area contributed by atoms with Crippen LogP contribution >= 0.6 is 15.9 Å². The number of carbonyl (C=O) groups excluding carboxylic acids is 1. The molecule has 4 N–H and O–H groups in total. The van der Waals surface area contributed by atoms with Gasteiger partial charge in [-0.3, -0.25) is 5.32 Å². The number of nitrogens with one attached hydrogen (secondary N) is 2. The first kappa shape index (κ1) is 17.1. The number of nitrogens with zero attached hydrogens (tertiary/aromatic N) is 1. The van der Waals surface area contributed by atoms with Crippen molar-refractivity contribution in [3.8, 4) is 0 Å². The Bertz CT molecular complexity index is 637. The third-order valence-corrected chi connectivity index (χ3v) is 3.55. The lowest BCUT2D eigenvalue weighted by Gasteiger charge is -2.11. The number of benzene rings is 1. The van der Waals surface area contributed by atoms with E-state index in [0.29, 0.717) is 24.7 Å². The van der Waals surface area contributed by atoms with Crippen molar-refractivity contribution in [2.45, 2.75) is 13.0 Å². The Hall–Kier alpha value is -2.28. The van der Waals surface area contributed by atoms with Gasteiger partial charge in [0.2, 0.25) is 0 Å². The van der Waals surface area contributed by atoms with E-state index in [1.807, 2.05) is 30.3 Å². The molecule has 0 bridgehead atoms. The Morgan fingerprint density at radius 3 is 2.70 bits per heavy atom. The number of hydrogen-bond acceptors (Lipinski definition) is 5. The number of ether oxygens (including phenoxy) is 1. The van der Waals surface area contributed by atoms with Gasteiger partial charge in [-0.15, -0.1) is 0 Å². The average molecular weight is 379 g/mol. The van der Waals surface area contributed by atoms with Crippen molar-refractivity contribution in [3.63, 3.8) is 0 Å². The van der Waals surface area contributed by atoms with Crippen LogP contribution in [0, 0.1) is 0 Å². The summed E-state index contributed by atoms with van der Waals surface area (Å²) in [6, 6.07) is 13.4. The molecule has 0 saturated carbocycles. The van der Waals surface area contributed by atoms with Gasteiger partial charge in [-0.2, -0.15) is 0 Å². The molecule has 122 valence electrons. The van der Waals surface area contributed by atoms with Crippen LogP contribution in [0.5, 0.6) is 0 Å². The normalized spacial score (nSPS) is 10.1. The van der Waals surface area contributed by atoms with Gasteiger partial charge in [-0.05, 0) is 24.1 Å². The van der Waals surface area contributed by atoms with Crippen molar-refractivity contribution < 1.29 is 9.53 Å². The maximum absolute atomic E-state index is 11.6. The fourth-order valence-corrected chi connectivity index (χ4v) is 2.06. The molecule has 1 amide bonds. The van der Waals surface area contributed by atoms with Crippen molar-refractivity contribution in [1.29, 1.82) is 0 Å². The second-order valence-corrected chi connectivity index (χ2v) is 5.56. The maximum atomic E-state index is 11.6. The molecule has 0 spiro atoms. The van der Waals surface area contributed by atoms with Crippen LogP contribution in [0.3, 0.4) is 0 Å². The van der Waals surface area contributed by atoms with E-state index in [1.165, 1.54) is 0 Å². The van der Waals surface area contributed by atoms with Crippen LogP contribution in [-0.2, 0) is 11.3 Å². The average Bonchev–Trinajstić information content (AvgIpc) is 2.56. The molecule has 6 nitrogen and oxygen atoms in total. The predicted molar refractivity (Wildman–Crippen MR) is 95.8 cm³/mol. The lowest BCUT2D eigenvalue weighted by Crippen LogP contribution is -2.16. The second kappa shape index (κ2) is 8.99. The molecular weight excluding hydrogens is 360 g/mol. The van der Waals surface area contributed by atoms with Gasteiger partial charge in [0.1, 0.15) is 11.6 Å². The van der Waals surface area contributed by atoms with Crippen LogP contribution in [-0.4, -0.2) is 23.0 Å². The number of anilines is 3. The summed E-state index contributed by atoms with van der Waals surface area (Å²) >= 11 is 3.27. The molecule has 23 heavy (non-hydrogen) atoms. The van der Waals surface area contributed by atoms with Gasteiger partial charge in [-0.1, -0.05) is 46.3 Å². The zero-order chi connectivity index (χ0) is 16.5. The molecular formula is C16H19BrN4O2. The summed E-state index contributed by atoms with van der Waals surface area (Å²) in [4.78, 5) is 15.8. The van der Waals surface area contributed by atoms with E-state index in [4.69, 9.17) is 10.5 Å². The van der Waals surface area contributed by atoms with Crippen molar-refractivity contribution in [2.24, 2.45) is 0 Å². The largest absolute Gasteiger partial charge is 0.449 e. The summed E-state index contributed by atoms with van der Waals surface area (Å²) in [5.41, 5.74) is 7.44. The van der Waals surface area contributed by atoms with Gasteiger partial charge < -0.3 is 15.8 Å². The van der Waals surface area contributed by atoms with Gasteiger partial charge >= 0.3 is 6.09 Å². The topological polar surface area (TPSA) is 89.3 Å². The fraction of sp³-hybridized carbons (Fsp3) is 0.250. The van der Waals surface area contributed by atoms with Gasteiger partial charge in [-0.25, -0.2) is 9.78 Å². The number of nitrogen functional groups attached to an aromatic ring is 1. The summed E-state index contributed by atoms with van der Waals surface area (Å²) in [5, 5.41) is 6.55. The quantitative estimate of drug-likeness (QED) is 0.505. The minimum atomic E-state index is -0.538. The zero-order valence-electron chi connectivity index (χ0n) is 12.6. The third-order valence-electron chi connectivity index (χ3n) is 2.99. The number of hydrogen-bond donors (Lipinski definition) is 3. The van der Waals surface area contributed by atoms with Gasteiger partial charge in [0, 0.05) is 11.9 Å². The Morgan fingerprint density at radius 1 is 1.22 bits per heavy atom. The van der Waals surface area contributed by atoms with Crippen LogP contribution in [0.2, 0.25) is 0 Å². The van der Waals surface area contributed by atoms with E-state index < -0.39 is 6.09 Å². The second-order valence-electron chi connectivity index (χ2n) is 4.77. The summed E-state index contributed by atoms with van der Waals surface area (Å²) in [6.07, 6.45) is 0.216. The first-order chi connectivity index (χ1) is 11.2. The van der Waals surface area contributed by atoms with Crippen LogP contribution in [0.15, 0.2) is 42.5 Å². The van der Waals surface area contributed by atoms with Crippen molar-refractivity contribution in [2.75, 3.05) is 28.3 Å². The van der Waals surface area contributed by atoms with E-state index >= 15 is 0 Å². The number of amides is 1. The predicted octanol–water partition coefficient (Wildman–Crippen LogP) is 3.61. The lowest BCUT2D eigenvalue weighted by molar-refractivity contribution is 0.162. The molecule has 1 heterocycles. The molecule has 0 unspecified atom stereocenters. The minimum Gasteiger partial charge on any atom is -0.449 e. The molecule has 0 saturated heterocycles. The van der Waals surface area contributed by atoms with Gasteiger partial charge in [0.05, 0.1) is 12.3 Å². The number of alkyl halides is 1. The molecule has 1 aromatic heterocycles. The Labute approximate surface area is 143 Å². The van der Waals surface area contributed by atoms with Crippen LogP contribution in [0.4, 0.5) is 22.1 Å². The SMILES string of the molecule is Nc1nc(NCc2ccccc2)ccc1NC(=O)OCCCBr. The minimum absolute atomic E-state index is 0.237. The van der Waals surface area contributed by atoms with E-state index in [0.717, 1.165) is 17.3 Å². The van der Waals surface area contributed by atoms with Crippen molar-refractivity contribution in [1.82, 2.24) is 4.98 Å². The third kappa shape index (κ3) is 5.78. The van der Waals surface area contributed by atoms with E-state index in [-0.39, 0.29) is 5.82 Å². The molecule has 2 aromatic rings. The first-order valence-electron chi connectivity index (χ1n) is 7.23. The zero-order valence-corrected chi connectivity index (χ0v) is 14.2. The highest BCUT2D eigenvalue weighted by atomic mass is 79.9. The molecule has 0 aliphatic rings. The van der Waals surface area contributed by atoms with E-state index in [9.17, 15) is 4.79 Å². The molecule has 7 heteroatoms. The Balaban J connectivity index is 1.88. The monoisotopic (exact) mass is 378 g/mol. The number of halogens is 1. The first-order valence-corrected chi connectivity index (χ1v) is 8.35. The summed E-state index contributed by atoms with van der Waals surface area (Å²) in [5.74, 6) is 0.880. The lowest BCUT2D eigenvalue weighted by atomic mass is 10.2. The van der Waals surface area contributed by atoms with E-state index in [1.54, 1.807) is 12.1 Å². The van der Waals surface area contributed by atoms with Crippen LogP contribution in [0.1, 0.15) is 12.0 Å². The maximum Gasteiger partial charge on any atom is 0.411 e. The number of nitrogens with two attached hydrogens (primary N) is 1. The number of aromatic nitrogens is 1. The molecule has 0 atom stereocenters. The number of pyridine rings is 1. The van der Waals surface area contributed by atoms with Crippen molar-refractivity contribution in [3.05, 3.63) is 48.0 Å².